The maximum atomic E-state index is 13.0. The number of sulfonamides is 2. The van der Waals surface area contributed by atoms with Crippen LogP contribution in [0, 0.1) is 13.8 Å². The lowest BCUT2D eigenvalue weighted by Crippen LogP contribution is -2.38. The van der Waals surface area contributed by atoms with Gasteiger partial charge < -0.3 is 4.74 Å². The fraction of sp³-hybridized carbons (Fsp3) is 0.350. The molecule has 2 aromatic carbocycles. The maximum absolute atomic E-state index is 13.0. The zero-order valence-electron chi connectivity index (χ0n) is 17.0. The number of hydrogen-bond donors (Lipinski definition) is 1. The van der Waals surface area contributed by atoms with E-state index >= 15 is 0 Å². The van der Waals surface area contributed by atoms with Crippen molar-refractivity contribution in [3.8, 4) is 0 Å². The summed E-state index contributed by atoms with van der Waals surface area (Å²) in [5, 5.41) is 0. The molecule has 0 radical (unpaired) electrons. The van der Waals surface area contributed by atoms with E-state index in [1.165, 1.54) is 35.7 Å². The lowest BCUT2D eigenvalue weighted by molar-refractivity contribution is 0.0600. The first-order valence-electron chi connectivity index (χ1n) is 9.38. The number of esters is 1. The Morgan fingerprint density at radius 1 is 1.10 bits per heavy atom. The van der Waals surface area contributed by atoms with E-state index in [-0.39, 0.29) is 21.9 Å². The van der Waals surface area contributed by atoms with E-state index in [1.807, 2.05) is 0 Å². The lowest BCUT2D eigenvalue weighted by Gasteiger charge is -2.30. The Kier molecular flexibility index (Phi) is 6.09. The predicted octanol–water partition coefficient (Wildman–Crippen LogP) is 2.82. The van der Waals surface area contributed by atoms with Gasteiger partial charge in [0.1, 0.15) is 0 Å². The Morgan fingerprint density at radius 2 is 1.83 bits per heavy atom. The molecule has 0 atom stereocenters. The largest absolute Gasteiger partial charge is 0.465 e. The summed E-state index contributed by atoms with van der Waals surface area (Å²) in [5.41, 5.74) is 1.91. The lowest BCUT2D eigenvalue weighted by atomic mass is 10.1. The second-order valence-electron chi connectivity index (χ2n) is 7.18. The standard InChI is InChI=1S/C20H24N2O6S2/c1-14-12-19(15(2)11-18(14)22-9-4-5-10-29(22,24)25)30(26,27)21-17-8-6-7-16(13-17)20(23)28-3/h6-8,11-13,21H,4-5,9-10H2,1-3H3. The molecule has 1 heterocycles. The molecule has 0 aliphatic carbocycles. The molecule has 1 aliphatic heterocycles. The van der Waals surface area contributed by atoms with Crippen LogP contribution in [0.5, 0.6) is 0 Å². The predicted molar refractivity (Wildman–Crippen MR) is 115 cm³/mol. The zero-order valence-corrected chi connectivity index (χ0v) is 18.6. The topological polar surface area (TPSA) is 110 Å². The van der Waals surface area contributed by atoms with E-state index < -0.39 is 26.0 Å². The highest BCUT2D eigenvalue weighted by Gasteiger charge is 2.29. The van der Waals surface area contributed by atoms with Crippen molar-refractivity contribution in [3.05, 3.63) is 53.1 Å². The zero-order chi connectivity index (χ0) is 22.1. The number of carbonyl (C=O) groups is 1. The van der Waals surface area contributed by atoms with Crippen LogP contribution in [-0.4, -0.2) is 42.2 Å². The third-order valence-corrected chi connectivity index (χ3v) is 8.32. The van der Waals surface area contributed by atoms with Crippen LogP contribution >= 0.6 is 0 Å². The Labute approximate surface area is 177 Å². The van der Waals surface area contributed by atoms with Gasteiger partial charge in [0.2, 0.25) is 10.0 Å². The minimum Gasteiger partial charge on any atom is -0.465 e. The second kappa shape index (κ2) is 8.27. The van der Waals surface area contributed by atoms with Crippen molar-refractivity contribution < 1.29 is 26.4 Å². The summed E-state index contributed by atoms with van der Waals surface area (Å²) in [6, 6.07) is 9.05. The Balaban J connectivity index is 1.96. The van der Waals surface area contributed by atoms with Crippen molar-refractivity contribution in [1.29, 1.82) is 0 Å². The van der Waals surface area contributed by atoms with Gasteiger partial charge in [0, 0.05) is 12.2 Å². The molecule has 0 bridgehead atoms. The number of nitrogens with zero attached hydrogens (tertiary/aromatic N) is 1. The molecule has 8 nitrogen and oxygen atoms in total. The van der Waals surface area contributed by atoms with Crippen LogP contribution in [0.1, 0.15) is 34.3 Å². The van der Waals surface area contributed by atoms with Crippen molar-refractivity contribution in [2.75, 3.05) is 28.4 Å². The highest BCUT2D eigenvalue weighted by Crippen LogP contribution is 2.31. The van der Waals surface area contributed by atoms with E-state index in [0.717, 1.165) is 6.42 Å². The third-order valence-electron chi connectivity index (χ3n) is 4.94. The molecule has 0 amide bonds. The Morgan fingerprint density at radius 3 is 2.50 bits per heavy atom. The van der Waals surface area contributed by atoms with Crippen molar-refractivity contribution in [2.45, 2.75) is 31.6 Å². The van der Waals surface area contributed by atoms with Gasteiger partial charge in [-0.25, -0.2) is 21.6 Å². The maximum Gasteiger partial charge on any atom is 0.337 e. The number of rotatable bonds is 5. The van der Waals surface area contributed by atoms with Gasteiger partial charge in [-0.2, -0.15) is 0 Å². The molecule has 162 valence electrons. The molecule has 1 fully saturated rings. The van der Waals surface area contributed by atoms with Crippen molar-refractivity contribution >= 4 is 37.4 Å². The molecule has 1 N–H and O–H groups in total. The first-order chi connectivity index (χ1) is 14.0. The summed E-state index contributed by atoms with van der Waals surface area (Å²) in [5.74, 6) is -0.487. The number of carbonyl (C=O) groups excluding carboxylic acids is 1. The number of aryl methyl sites for hydroxylation is 2. The summed E-state index contributed by atoms with van der Waals surface area (Å²) >= 11 is 0. The molecular formula is C20H24N2O6S2. The number of benzene rings is 2. The fourth-order valence-electron chi connectivity index (χ4n) is 3.43. The third kappa shape index (κ3) is 4.44. The Bertz CT molecular complexity index is 1190. The molecule has 0 saturated carbocycles. The molecule has 1 aliphatic rings. The van der Waals surface area contributed by atoms with Gasteiger partial charge in [-0.1, -0.05) is 6.07 Å². The van der Waals surface area contributed by atoms with Gasteiger partial charge in [0.25, 0.3) is 10.0 Å². The van der Waals surface area contributed by atoms with Crippen LogP contribution in [0.2, 0.25) is 0 Å². The van der Waals surface area contributed by atoms with Crippen LogP contribution in [0.15, 0.2) is 41.3 Å². The highest BCUT2D eigenvalue weighted by molar-refractivity contribution is 7.93. The van der Waals surface area contributed by atoms with E-state index in [1.54, 1.807) is 26.0 Å². The van der Waals surface area contributed by atoms with Gasteiger partial charge in [-0.3, -0.25) is 9.03 Å². The van der Waals surface area contributed by atoms with Crippen LogP contribution in [0.25, 0.3) is 0 Å². The number of methoxy groups -OCH3 is 1. The SMILES string of the molecule is COC(=O)c1cccc(NS(=O)(=O)c2cc(C)c(N3CCCCS3(=O)=O)cc2C)c1. The van der Waals surface area contributed by atoms with E-state index in [2.05, 4.69) is 9.46 Å². The van der Waals surface area contributed by atoms with E-state index in [9.17, 15) is 21.6 Å². The Hall–Kier alpha value is -2.59. The van der Waals surface area contributed by atoms with E-state index in [4.69, 9.17) is 0 Å². The molecule has 0 aromatic heterocycles. The fourth-order valence-corrected chi connectivity index (χ4v) is 6.48. The van der Waals surface area contributed by atoms with Crippen LogP contribution in [-0.2, 0) is 24.8 Å². The number of ether oxygens (including phenoxy) is 1. The molecule has 2 aromatic rings. The van der Waals surface area contributed by atoms with E-state index in [0.29, 0.717) is 29.8 Å². The summed E-state index contributed by atoms with van der Waals surface area (Å²) in [6.07, 6.45) is 1.38. The summed E-state index contributed by atoms with van der Waals surface area (Å²) in [6.45, 7) is 3.70. The molecule has 10 heteroatoms. The normalized spacial score (nSPS) is 16.2. The highest BCUT2D eigenvalue weighted by atomic mass is 32.2. The molecular weight excluding hydrogens is 428 g/mol. The summed E-state index contributed by atoms with van der Waals surface area (Å²) in [7, 11) is -6.12. The van der Waals surface area contributed by atoms with Crippen LogP contribution in [0.3, 0.4) is 0 Å². The van der Waals surface area contributed by atoms with Gasteiger partial charge >= 0.3 is 5.97 Å². The summed E-state index contributed by atoms with van der Waals surface area (Å²) < 4.78 is 59.3. The van der Waals surface area contributed by atoms with Crippen LogP contribution in [0.4, 0.5) is 11.4 Å². The average Bonchev–Trinajstić information content (AvgIpc) is 2.68. The monoisotopic (exact) mass is 452 g/mol. The van der Waals surface area contributed by atoms with Gasteiger partial charge in [-0.05, 0) is 68.1 Å². The number of anilines is 2. The number of nitrogens with one attached hydrogen (secondary N) is 1. The smallest absolute Gasteiger partial charge is 0.337 e. The van der Waals surface area contributed by atoms with Crippen molar-refractivity contribution in [3.63, 3.8) is 0 Å². The average molecular weight is 453 g/mol. The van der Waals surface area contributed by atoms with Gasteiger partial charge in [0.15, 0.2) is 0 Å². The van der Waals surface area contributed by atoms with Crippen molar-refractivity contribution in [2.24, 2.45) is 0 Å². The molecule has 0 spiro atoms. The van der Waals surface area contributed by atoms with Crippen molar-refractivity contribution in [1.82, 2.24) is 0 Å². The first kappa shape index (κ1) is 22.1. The van der Waals surface area contributed by atoms with Gasteiger partial charge in [-0.15, -0.1) is 0 Å². The quantitative estimate of drug-likeness (QED) is 0.699. The second-order valence-corrected chi connectivity index (χ2v) is 10.8. The molecule has 3 rings (SSSR count). The number of hydrogen-bond acceptors (Lipinski definition) is 6. The molecule has 1 saturated heterocycles. The molecule has 30 heavy (non-hydrogen) atoms. The first-order valence-corrected chi connectivity index (χ1v) is 12.5. The van der Waals surface area contributed by atoms with Crippen LogP contribution < -0.4 is 9.03 Å². The van der Waals surface area contributed by atoms with Gasteiger partial charge in [0.05, 0.1) is 29.0 Å². The minimum absolute atomic E-state index is 0.0432. The molecule has 0 unspecified atom stereocenters. The minimum atomic E-state index is -3.96. The summed E-state index contributed by atoms with van der Waals surface area (Å²) in [4.78, 5) is 11.7.